The average molecular weight is 471 g/mol. The van der Waals surface area contributed by atoms with E-state index in [1.165, 1.54) is 31.2 Å². The van der Waals surface area contributed by atoms with E-state index in [9.17, 15) is 0 Å². The first kappa shape index (κ1) is 19.7. The minimum atomic E-state index is 0. The third-order valence-electron chi connectivity index (χ3n) is 5.87. The fourth-order valence-corrected chi connectivity index (χ4v) is 4.15. The molecule has 144 valence electrons. The van der Waals surface area contributed by atoms with Gasteiger partial charge in [-0.15, -0.1) is 24.0 Å². The van der Waals surface area contributed by atoms with E-state index in [1.807, 2.05) is 0 Å². The quantitative estimate of drug-likeness (QED) is 0.380. The van der Waals surface area contributed by atoms with Crippen LogP contribution in [0.3, 0.4) is 0 Å². The summed E-state index contributed by atoms with van der Waals surface area (Å²) in [5.41, 5.74) is 1.58. The Morgan fingerprint density at radius 3 is 2.58 bits per heavy atom. The molecule has 1 aromatic carbocycles. The molecule has 1 aromatic rings. The van der Waals surface area contributed by atoms with Crippen LogP contribution in [0.2, 0.25) is 0 Å². The third-order valence-corrected chi connectivity index (χ3v) is 5.87. The Morgan fingerprint density at radius 1 is 1.27 bits per heavy atom. The van der Waals surface area contributed by atoms with Crippen LogP contribution < -0.4 is 15.4 Å². The number of hydrogen-bond donors (Lipinski definition) is 2. The highest BCUT2D eigenvalue weighted by atomic mass is 127. The van der Waals surface area contributed by atoms with E-state index in [-0.39, 0.29) is 29.4 Å². The van der Waals surface area contributed by atoms with Gasteiger partial charge in [0, 0.05) is 12.0 Å². The second-order valence-electron chi connectivity index (χ2n) is 7.56. The summed E-state index contributed by atoms with van der Waals surface area (Å²) in [6, 6.07) is 8.88. The van der Waals surface area contributed by atoms with E-state index in [1.54, 1.807) is 7.11 Å². The van der Waals surface area contributed by atoms with E-state index >= 15 is 0 Å². The van der Waals surface area contributed by atoms with Crippen molar-refractivity contribution in [3.8, 4) is 5.75 Å². The number of guanidine groups is 1. The molecule has 6 heteroatoms. The lowest BCUT2D eigenvalue weighted by atomic mass is 9.95. The Bertz CT molecular complexity index is 630. The molecule has 3 fully saturated rings. The summed E-state index contributed by atoms with van der Waals surface area (Å²) < 4.78 is 11.2. The highest BCUT2D eigenvalue weighted by molar-refractivity contribution is 14.0. The third kappa shape index (κ3) is 4.11. The van der Waals surface area contributed by atoms with Crippen molar-refractivity contribution < 1.29 is 9.47 Å². The molecule has 3 atom stereocenters. The van der Waals surface area contributed by atoms with Crippen molar-refractivity contribution in [2.45, 2.75) is 62.7 Å². The van der Waals surface area contributed by atoms with Crippen LogP contribution in [0.25, 0.3) is 0 Å². The molecule has 0 amide bonds. The van der Waals surface area contributed by atoms with Crippen molar-refractivity contribution in [3.63, 3.8) is 0 Å². The SMILES string of the molecule is CCNC(=NCC1(c2ccc(OC)cc2)CC1)NC1CC2CCC1O2.I. The number of hydrogen-bond acceptors (Lipinski definition) is 3. The van der Waals surface area contributed by atoms with E-state index in [2.05, 4.69) is 41.8 Å². The molecule has 2 bridgehead atoms. The van der Waals surface area contributed by atoms with Gasteiger partial charge in [-0.3, -0.25) is 4.99 Å². The molecule has 2 saturated heterocycles. The zero-order valence-corrected chi connectivity index (χ0v) is 18.0. The Kier molecular flexibility index (Phi) is 6.33. The van der Waals surface area contributed by atoms with Crippen LogP contribution in [0.15, 0.2) is 29.3 Å². The summed E-state index contributed by atoms with van der Waals surface area (Å²) in [5.74, 6) is 1.85. The summed E-state index contributed by atoms with van der Waals surface area (Å²) in [6.07, 6.45) is 6.75. The fourth-order valence-electron chi connectivity index (χ4n) is 4.15. The summed E-state index contributed by atoms with van der Waals surface area (Å²) in [5, 5.41) is 7.01. The number of nitrogens with zero attached hydrogens (tertiary/aromatic N) is 1. The van der Waals surface area contributed by atoms with Crippen LogP contribution in [0.4, 0.5) is 0 Å². The minimum Gasteiger partial charge on any atom is -0.497 e. The zero-order valence-electron chi connectivity index (χ0n) is 15.7. The van der Waals surface area contributed by atoms with Crippen molar-refractivity contribution in [2.75, 3.05) is 20.2 Å². The molecule has 0 radical (unpaired) electrons. The van der Waals surface area contributed by atoms with E-state index in [0.29, 0.717) is 18.2 Å². The largest absolute Gasteiger partial charge is 0.497 e. The second-order valence-corrected chi connectivity index (χ2v) is 7.56. The normalized spacial score (nSPS) is 28.4. The first-order valence-corrected chi connectivity index (χ1v) is 9.57. The molecule has 3 aliphatic rings. The predicted octanol–water partition coefficient (Wildman–Crippen LogP) is 3.22. The molecule has 1 saturated carbocycles. The van der Waals surface area contributed by atoms with Crippen LogP contribution in [0, 0.1) is 0 Å². The Labute approximate surface area is 173 Å². The van der Waals surface area contributed by atoms with Crippen molar-refractivity contribution in [1.29, 1.82) is 0 Å². The highest BCUT2D eigenvalue weighted by Crippen LogP contribution is 2.48. The van der Waals surface area contributed by atoms with Gasteiger partial charge < -0.3 is 20.1 Å². The van der Waals surface area contributed by atoms with Crippen molar-refractivity contribution in [2.24, 2.45) is 4.99 Å². The van der Waals surface area contributed by atoms with Gasteiger partial charge in [0.05, 0.1) is 31.9 Å². The van der Waals surface area contributed by atoms with Gasteiger partial charge in [-0.1, -0.05) is 12.1 Å². The molecule has 2 aliphatic heterocycles. The summed E-state index contributed by atoms with van der Waals surface area (Å²) in [7, 11) is 1.71. The van der Waals surface area contributed by atoms with Gasteiger partial charge in [-0.2, -0.15) is 0 Å². The lowest BCUT2D eigenvalue weighted by Gasteiger charge is -2.23. The standard InChI is InChI=1S/C20H29N3O2.HI/c1-3-21-19(23-17-12-16-8-9-18(17)25-16)22-13-20(10-11-20)14-4-6-15(24-2)7-5-14;/h4-7,16-18H,3,8-13H2,1-2H3,(H2,21,22,23);1H. The minimum absolute atomic E-state index is 0. The van der Waals surface area contributed by atoms with Gasteiger partial charge in [-0.05, 0) is 56.7 Å². The number of halogens is 1. The maximum atomic E-state index is 5.96. The molecule has 0 spiro atoms. The van der Waals surface area contributed by atoms with Gasteiger partial charge in [0.15, 0.2) is 5.96 Å². The van der Waals surface area contributed by atoms with Crippen LogP contribution >= 0.6 is 24.0 Å². The summed E-state index contributed by atoms with van der Waals surface area (Å²) in [6.45, 7) is 3.82. The smallest absolute Gasteiger partial charge is 0.191 e. The molecule has 26 heavy (non-hydrogen) atoms. The topological polar surface area (TPSA) is 54.9 Å². The van der Waals surface area contributed by atoms with Gasteiger partial charge in [-0.25, -0.2) is 0 Å². The van der Waals surface area contributed by atoms with Gasteiger partial charge >= 0.3 is 0 Å². The number of fused-ring (bicyclic) bond motifs is 2. The zero-order chi connectivity index (χ0) is 17.3. The van der Waals surface area contributed by atoms with Crippen LogP contribution in [-0.2, 0) is 10.2 Å². The van der Waals surface area contributed by atoms with Crippen molar-refractivity contribution in [1.82, 2.24) is 10.6 Å². The van der Waals surface area contributed by atoms with E-state index in [4.69, 9.17) is 14.5 Å². The lowest BCUT2D eigenvalue weighted by molar-refractivity contribution is 0.0992. The molecule has 5 nitrogen and oxygen atoms in total. The molecule has 2 N–H and O–H groups in total. The Balaban J connectivity index is 0.00000196. The van der Waals surface area contributed by atoms with E-state index in [0.717, 1.165) is 31.2 Å². The predicted molar refractivity (Wildman–Crippen MR) is 115 cm³/mol. The lowest BCUT2D eigenvalue weighted by Crippen LogP contribution is -2.47. The van der Waals surface area contributed by atoms with Crippen LogP contribution in [0.1, 0.15) is 44.6 Å². The van der Waals surface area contributed by atoms with E-state index < -0.39 is 0 Å². The highest BCUT2D eigenvalue weighted by Gasteiger charge is 2.44. The second kappa shape index (κ2) is 8.33. The Morgan fingerprint density at radius 2 is 2.04 bits per heavy atom. The number of aliphatic imine (C=N–C) groups is 1. The first-order chi connectivity index (χ1) is 12.2. The van der Waals surface area contributed by atoms with Gasteiger partial charge in [0.2, 0.25) is 0 Å². The average Bonchev–Trinajstić information content (AvgIpc) is 3.15. The number of methoxy groups -OCH3 is 1. The van der Waals surface area contributed by atoms with Crippen LogP contribution in [-0.4, -0.2) is 44.4 Å². The molecule has 3 unspecified atom stereocenters. The maximum absolute atomic E-state index is 5.96. The molecule has 4 rings (SSSR count). The molecule has 0 aromatic heterocycles. The molecular weight excluding hydrogens is 441 g/mol. The number of ether oxygens (including phenoxy) is 2. The fraction of sp³-hybridized carbons (Fsp3) is 0.650. The molecule has 2 heterocycles. The summed E-state index contributed by atoms with van der Waals surface area (Å²) in [4.78, 5) is 4.92. The summed E-state index contributed by atoms with van der Waals surface area (Å²) >= 11 is 0. The number of benzene rings is 1. The van der Waals surface area contributed by atoms with Crippen molar-refractivity contribution in [3.05, 3.63) is 29.8 Å². The van der Waals surface area contributed by atoms with Crippen LogP contribution in [0.5, 0.6) is 5.75 Å². The monoisotopic (exact) mass is 471 g/mol. The van der Waals surface area contributed by atoms with Gasteiger partial charge in [0.1, 0.15) is 5.75 Å². The molecular formula is C20H30IN3O2. The Hall–Kier alpha value is -1.02. The maximum Gasteiger partial charge on any atom is 0.191 e. The first-order valence-electron chi connectivity index (χ1n) is 9.57. The number of rotatable bonds is 6. The van der Waals surface area contributed by atoms with Crippen molar-refractivity contribution >= 4 is 29.9 Å². The van der Waals surface area contributed by atoms with Gasteiger partial charge in [0.25, 0.3) is 0 Å². The molecule has 1 aliphatic carbocycles. The number of nitrogens with one attached hydrogen (secondary N) is 2.